The van der Waals surface area contributed by atoms with Crippen LogP contribution >= 0.6 is 0 Å². The van der Waals surface area contributed by atoms with Crippen LogP contribution in [0.15, 0.2) is 61.1 Å². The highest BCUT2D eigenvalue weighted by molar-refractivity contribution is 6.04. The molecule has 2 aromatic heterocycles. The molecule has 0 aliphatic heterocycles. The molecule has 0 saturated carbocycles. The minimum atomic E-state index is -0.563. The van der Waals surface area contributed by atoms with Gasteiger partial charge in [-0.1, -0.05) is 6.07 Å². The number of nitrogens with zero attached hydrogens (tertiary/aromatic N) is 4. The second-order valence-electron chi connectivity index (χ2n) is 4.82. The lowest BCUT2D eigenvalue weighted by molar-refractivity contribution is -0.384. The molecule has 0 unspecified atom stereocenters. The lowest BCUT2D eigenvalue weighted by atomic mass is 10.2. The highest BCUT2D eigenvalue weighted by Gasteiger charge is 2.12. The van der Waals surface area contributed by atoms with E-state index in [1.807, 2.05) is 0 Å². The van der Waals surface area contributed by atoms with Crippen molar-refractivity contribution in [3.63, 3.8) is 0 Å². The van der Waals surface area contributed by atoms with E-state index in [2.05, 4.69) is 20.5 Å². The van der Waals surface area contributed by atoms with Gasteiger partial charge in [0.05, 0.1) is 17.3 Å². The molecule has 124 valence electrons. The third-order valence-electron chi connectivity index (χ3n) is 3.08. The number of amides is 1. The Morgan fingerprint density at radius 3 is 2.68 bits per heavy atom. The molecule has 0 radical (unpaired) electrons. The van der Waals surface area contributed by atoms with Crippen molar-refractivity contribution in [1.82, 2.24) is 15.2 Å². The van der Waals surface area contributed by atoms with Crippen LogP contribution in [0.5, 0.6) is 11.5 Å². The monoisotopic (exact) mass is 337 g/mol. The van der Waals surface area contributed by atoms with Crippen LogP contribution in [0.2, 0.25) is 0 Å². The fourth-order valence-corrected chi connectivity index (χ4v) is 1.97. The van der Waals surface area contributed by atoms with Crippen LogP contribution in [0.4, 0.5) is 11.5 Å². The summed E-state index contributed by atoms with van der Waals surface area (Å²) in [4.78, 5) is 26.5. The van der Waals surface area contributed by atoms with E-state index in [4.69, 9.17) is 4.74 Å². The van der Waals surface area contributed by atoms with Crippen LogP contribution in [0.1, 0.15) is 10.4 Å². The molecule has 1 amide bonds. The van der Waals surface area contributed by atoms with Gasteiger partial charge in [0, 0.05) is 36.0 Å². The first-order valence-corrected chi connectivity index (χ1v) is 7.08. The van der Waals surface area contributed by atoms with Crippen LogP contribution in [0.25, 0.3) is 0 Å². The summed E-state index contributed by atoms with van der Waals surface area (Å²) in [6, 6.07) is 10.2. The molecule has 0 bridgehead atoms. The van der Waals surface area contributed by atoms with E-state index in [1.54, 1.807) is 12.1 Å². The Morgan fingerprint density at radius 1 is 1.08 bits per heavy atom. The molecule has 25 heavy (non-hydrogen) atoms. The second-order valence-corrected chi connectivity index (χ2v) is 4.82. The van der Waals surface area contributed by atoms with E-state index in [-0.39, 0.29) is 17.1 Å². The molecule has 9 heteroatoms. The Balaban J connectivity index is 1.74. The molecule has 3 aromatic rings. The van der Waals surface area contributed by atoms with Crippen LogP contribution in [0, 0.1) is 10.1 Å². The van der Waals surface area contributed by atoms with E-state index in [1.165, 1.54) is 48.9 Å². The standard InChI is InChI=1S/C16H11N5O4/c22-16(11-2-1-3-12(8-11)21(23)24)20-15-9-13(4-6-17-15)25-14-5-7-18-19-10-14/h1-10H,(H,17,20,22). The number of hydrogen-bond donors (Lipinski definition) is 1. The number of nitrogens with one attached hydrogen (secondary N) is 1. The number of nitro benzene ring substituents is 1. The number of pyridine rings is 1. The summed E-state index contributed by atoms with van der Waals surface area (Å²) in [5.74, 6) is 0.657. The molecular formula is C16H11N5O4. The zero-order valence-electron chi connectivity index (χ0n) is 12.7. The number of anilines is 1. The summed E-state index contributed by atoms with van der Waals surface area (Å²) in [5.41, 5.74) is -0.0106. The summed E-state index contributed by atoms with van der Waals surface area (Å²) in [7, 11) is 0. The van der Waals surface area contributed by atoms with Gasteiger partial charge in [0.15, 0.2) is 0 Å². The zero-order valence-corrected chi connectivity index (χ0v) is 12.7. The molecule has 2 heterocycles. The molecule has 0 atom stereocenters. The van der Waals surface area contributed by atoms with Crippen molar-refractivity contribution in [2.24, 2.45) is 0 Å². The van der Waals surface area contributed by atoms with Gasteiger partial charge in [0.1, 0.15) is 17.3 Å². The largest absolute Gasteiger partial charge is 0.455 e. The van der Waals surface area contributed by atoms with E-state index >= 15 is 0 Å². The number of non-ortho nitro benzene ring substituents is 1. The third kappa shape index (κ3) is 4.10. The molecule has 1 aromatic carbocycles. The SMILES string of the molecule is O=C(Nc1cc(Oc2ccnnc2)ccn1)c1cccc([N+](=O)[O-])c1. The van der Waals surface area contributed by atoms with Gasteiger partial charge in [0.25, 0.3) is 11.6 Å². The molecule has 0 aliphatic carbocycles. The Labute approximate surface area is 141 Å². The quantitative estimate of drug-likeness (QED) is 0.561. The lowest BCUT2D eigenvalue weighted by Gasteiger charge is -2.08. The van der Waals surface area contributed by atoms with Crippen LogP contribution in [0.3, 0.4) is 0 Å². The Kier molecular flexibility index (Phi) is 4.56. The van der Waals surface area contributed by atoms with Crippen LogP contribution < -0.4 is 10.1 Å². The average Bonchev–Trinajstić information content (AvgIpc) is 2.63. The number of carbonyl (C=O) groups excluding carboxylic acids is 1. The van der Waals surface area contributed by atoms with Gasteiger partial charge in [-0.2, -0.15) is 10.2 Å². The van der Waals surface area contributed by atoms with Crippen LogP contribution in [-0.2, 0) is 0 Å². The number of rotatable bonds is 5. The molecule has 9 nitrogen and oxygen atoms in total. The first-order valence-electron chi connectivity index (χ1n) is 7.08. The Hall–Kier alpha value is -3.88. The maximum Gasteiger partial charge on any atom is 0.270 e. The maximum atomic E-state index is 12.2. The molecular weight excluding hydrogens is 326 g/mol. The molecule has 0 fully saturated rings. The molecule has 0 saturated heterocycles. The summed E-state index contributed by atoms with van der Waals surface area (Å²) in [6.07, 6.45) is 4.40. The summed E-state index contributed by atoms with van der Waals surface area (Å²) in [5, 5.41) is 20.7. The normalized spacial score (nSPS) is 10.1. The van der Waals surface area contributed by atoms with Crippen molar-refractivity contribution >= 4 is 17.4 Å². The minimum absolute atomic E-state index is 0.153. The van der Waals surface area contributed by atoms with Crippen molar-refractivity contribution in [2.45, 2.75) is 0 Å². The van der Waals surface area contributed by atoms with Crippen molar-refractivity contribution < 1.29 is 14.5 Å². The van der Waals surface area contributed by atoms with Gasteiger partial charge in [-0.05, 0) is 12.1 Å². The molecule has 0 aliphatic rings. The zero-order chi connectivity index (χ0) is 17.6. The smallest absolute Gasteiger partial charge is 0.270 e. The van der Waals surface area contributed by atoms with E-state index in [0.29, 0.717) is 11.5 Å². The van der Waals surface area contributed by atoms with Gasteiger partial charge in [-0.25, -0.2) is 4.98 Å². The number of ether oxygens (including phenoxy) is 1. The maximum absolute atomic E-state index is 12.2. The van der Waals surface area contributed by atoms with Gasteiger partial charge in [-0.15, -0.1) is 0 Å². The first-order chi connectivity index (χ1) is 12.1. The van der Waals surface area contributed by atoms with Crippen molar-refractivity contribution in [3.05, 3.63) is 76.7 Å². The highest BCUT2D eigenvalue weighted by atomic mass is 16.6. The number of hydrogen-bond acceptors (Lipinski definition) is 7. The number of nitro groups is 1. The van der Waals surface area contributed by atoms with Crippen molar-refractivity contribution in [3.8, 4) is 11.5 Å². The Morgan fingerprint density at radius 2 is 1.92 bits per heavy atom. The predicted octanol–water partition coefficient (Wildman–Crippen LogP) is 2.82. The summed E-state index contributed by atoms with van der Waals surface area (Å²) < 4.78 is 5.57. The van der Waals surface area contributed by atoms with Gasteiger partial charge < -0.3 is 10.1 Å². The van der Waals surface area contributed by atoms with E-state index < -0.39 is 10.8 Å². The number of carbonyl (C=O) groups is 1. The Bertz CT molecular complexity index is 917. The first kappa shape index (κ1) is 16.0. The van der Waals surface area contributed by atoms with Crippen molar-refractivity contribution in [1.29, 1.82) is 0 Å². The number of benzene rings is 1. The fourth-order valence-electron chi connectivity index (χ4n) is 1.97. The molecule has 1 N–H and O–H groups in total. The van der Waals surface area contributed by atoms with Gasteiger partial charge in [-0.3, -0.25) is 14.9 Å². The highest BCUT2D eigenvalue weighted by Crippen LogP contribution is 2.22. The van der Waals surface area contributed by atoms with E-state index in [0.717, 1.165) is 0 Å². The predicted molar refractivity (Wildman–Crippen MR) is 87.4 cm³/mol. The van der Waals surface area contributed by atoms with Gasteiger partial charge >= 0.3 is 0 Å². The fraction of sp³-hybridized carbons (Fsp3) is 0. The summed E-state index contributed by atoms with van der Waals surface area (Å²) >= 11 is 0. The lowest BCUT2D eigenvalue weighted by Crippen LogP contribution is -2.13. The second kappa shape index (κ2) is 7.13. The summed E-state index contributed by atoms with van der Waals surface area (Å²) in [6.45, 7) is 0. The van der Waals surface area contributed by atoms with Gasteiger partial charge in [0.2, 0.25) is 0 Å². The number of aromatic nitrogens is 3. The third-order valence-corrected chi connectivity index (χ3v) is 3.08. The minimum Gasteiger partial charge on any atom is -0.455 e. The van der Waals surface area contributed by atoms with Crippen molar-refractivity contribution in [2.75, 3.05) is 5.32 Å². The topological polar surface area (TPSA) is 120 Å². The molecule has 0 spiro atoms. The van der Waals surface area contributed by atoms with Crippen LogP contribution in [-0.4, -0.2) is 26.0 Å². The average molecular weight is 337 g/mol. The molecule has 3 rings (SSSR count). The van der Waals surface area contributed by atoms with E-state index in [9.17, 15) is 14.9 Å².